The van der Waals surface area contributed by atoms with E-state index in [-0.39, 0.29) is 33.7 Å². The zero-order valence-electron chi connectivity index (χ0n) is 21.8. The largest absolute Gasteiger partial charge is 0.451 e. The first-order valence-corrected chi connectivity index (χ1v) is 13.3. The highest BCUT2D eigenvalue weighted by Gasteiger charge is 2.24. The maximum absolute atomic E-state index is 12.7. The number of furan rings is 1. The molecule has 2 aromatic carbocycles. The molecule has 1 aliphatic carbocycles. The summed E-state index contributed by atoms with van der Waals surface area (Å²) in [7, 11) is 4.08. The fourth-order valence-electron chi connectivity index (χ4n) is 5.11. The van der Waals surface area contributed by atoms with Gasteiger partial charge in [-0.05, 0) is 61.9 Å². The Labute approximate surface area is 231 Å². The molecule has 202 valence electrons. The van der Waals surface area contributed by atoms with Crippen molar-refractivity contribution in [1.82, 2.24) is 10.3 Å². The van der Waals surface area contributed by atoms with Gasteiger partial charge in [0.1, 0.15) is 11.6 Å². The van der Waals surface area contributed by atoms with Crippen LogP contribution in [0, 0.1) is 16.0 Å². The van der Waals surface area contributed by atoms with E-state index in [2.05, 4.69) is 27.7 Å². The van der Waals surface area contributed by atoms with Crippen LogP contribution in [-0.4, -0.2) is 42.5 Å². The van der Waals surface area contributed by atoms with Crippen LogP contribution in [-0.2, 0) is 0 Å². The number of nitrogens with one attached hydrogen (secondary N) is 2. The van der Waals surface area contributed by atoms with Crippen LogP contribution in [0.1, 0.15) is 36.2 Å². The quantitative estimate of drug-likeness (QED) is 0.190. The molecule has 4 aromatic rings. The highest BCUT2D eigenvalue weighted by molar-refractivity contribution is 6.30. The Hall–Kier alpha value is -4.11. The molecule has 0 unspecified atom stereocenters. The van der Waals surface area contributed by atoms with Crippen LogP contribution < -0.4 is 15.5 Å². The highest BCUT2D eigenvalue weighted by Crippen LogP contribution is 2.34. The van der Waals surface area contributed by atoms with Crippen LogP contribution in [0.15, 0.2) is 65.1 Å². The number of nitro benzene ring substituents is 1. The standard InChI is InChI=1S/C29H30ClN5O4/c1-34(2)24-16-28(33-23-6-4-3-5-21(23)24)32-20-10-7-18(8-11-20)17-31-29(36)27-14-13-26(39-27)22-12-9-19(30)15-25(22)35(37)38/h3-6,9,12-16,18,20H,7-8,10-11,17H2,1-2H3,(H,31,36)(H,32,33). The Morgan fingerprint density at radius 2 is 1.87 bits per heavy atom. The van der Waals surface area contributed by atoms with Gasteiger partial charge in [-0.2, -0.15) is 0 Å². The van der Waals surface area contributed by atoms with Crippen molar-refractivity contribution in [3.63, 3.8) is 0 Å². The summed E-state index contributed by atoms with van der Waals surface area (Å²) < 4.78 is 5.66. The average Bonchev–Trinajstić information content (AvgIpc) is 3.42. The zero-order valence-corrected chi connectivity index (χ0v) is 22.6. The molecule has 1 saturated carbocycles. The summed E-state index contributed by atoms with van der Waals surface area (Å²) in [6.45, 7) is 0.543. The molecule has 2 aromatic heterocycles. The monoisotopic (exact) mass is 547 g/mol. The second-order valence-corrected chi connectivity index (χ2v) is 10.5. The second-order valence-electron chi connectivity index (χ2n) is 10.1. The number of halogens is 1. The minimum atomic E-state index is -0.522. The molecule has 1 aliphatic rings. The van der Waals surface area contributed by atoms with Crippen LogP contribution in [0.25, 0.3) is 22.2 Å². The SMILES string of the molecule is CN(C)c1cc(NC2CCC(CNC(=O)c3ccc(-c4ccc(Cl)cc4[N+](=O)[O-])o3)CC2)nc2ccccc12. The number of carbonyl (C=O) groups is 1. The Kier molecular flexibility index (Phi) is 7.70. The van der Waals surface area contributed by atoms with E-state index >= 15 is 0 Å². The molecule has 0 atom stereocenters. The van der Waals surface area contributed by atoms with E-state index in [0.717, 1.165) is 48.1 Å². The molecular weight excluding hydrogens is 518 g/mol. The van der Waals surface area contributed by atoms with Crippen molar-refractivity contribution >= 4 is 45.6 Å². The number of hydrogen-bond acceptors (Lipinski definition) is 7. The fourth-order valence-corrected chi connectivity index (χ4v) is 5.28. The van der Waals surface area contributed by atoms with Gasteiger partial charge in [0.25, 0.3) is 11.6 Å². The van der Waals surface area contributed by atoms with Crippen molar-refractivity contribution in [2.75, 3.05) is 30.9 Å². The lowest BCUT2D eigenvalue weighted by Gasteiger charge is -2.30. The van der Waals surface area contributed by atoms with Crippen molar-refractivity contribution in [2.45, 2.75) is 31.7 Å². The predicted octanol–water partition coefficient (Wildman–Crippen LogP) is 6.52. The van der Waals surface area contributed by atoms with Gasteiger partial charge in [-0.15, -0.1) is 0 Å². The van der Waals surface area contributed by atoms with Crippen molar-refractivity contribution in [2.24, 2.45) is 5.92 Å². The molecule has 39 heavy (non-hydrogen) atoms. The number of benzene rings is 2. The highest BCUT2D eigenvalue weighted by atomic mass is 35.5. The molecule has 9 nitrogen and oxygen atoms in total. The summed E-state index contributed by atoms with van der Waals surface area (Å²) in [5.74, 6) is 1.26. The normalized spacial score (nSPS) is 17.1. The lowest BCUT2D eigenvalue weighted by atomic mass is 9.86. The topological polar surface area (TPSA) is 114 Å². The molecule has 2 N–H and O–H groups in total. The van der Waals surface area contributed by atoms with E-state index in [0.29, 0.717) is 18.5 Å². The molecule has 1 fully saturated rings. The summed E-state index contributed by atoms with van der Waals surface area (Å²) in [6, 6.07) is 18.0. The number of aromatic nitrogens is 1. The number of carbonyl (C=O) groups excluding carboxylic acids is 1. The zero-order chi connectivity index (χ0) is 27.5. The molecule has 0 saturated heterocycles. The van der Waals surface area contributed by atoms with Crippen molar-refractivity contribution < 1.29 is 14.1 Å². The Morgan fingerprint density at radius 3 is 2.62 bits per heavy atom. The predicted molar refractivity (Wildman–Crippen MR) is 154 cm³/mol. The molecule has 0 aliphatic heterocycles. The van der Waals surface area contributed by atoms with Crippen LogP contribution in [0.5, 0.6) is 0 Å². The maximum atomic E-state index is 12.7. The molecule has 5 rings (SSSR count). The number of amides is 1. The summed E-state index contributed by atoms with van der Waals surface area (Å²) in [5, 5.41) is 19.4. The molecular formula is C29H30ClN5O4. The lowest BCUT2D eigenvalue weighted by Crippen LogP contribution is -2.34. The Bertz CT molecular complexity index is 1510. The second kappa shape index (κ2) is 11.3. The van der Waals surface area contributed by atoms with E-state index in [1.54, 1.807) is 12.1 Å². The molecule has 10 heteroatoms. The molecule has 2 heterocycles. The first-order valence-electron chi connectivity index (χ1n) is 12.9. The first-order chi connectivity index (χ1) is 18.8. The third-order valence-corrected chi connectivity index (χ3v) is 7.41. The van der Waals surface area contributed by atoms with Gasteiger partial charge in [0.05, 0.1) is 16.0 Å². The van der Waals surface area contributed by atoms with Gasteiger partial charge in [0.15, 0.2) is 5.76 Å². The number of rotatable bonds is 8. The summed E-state index contributed by atoms with van der Waals surface area (Å²) >= 11 is 5.90. The molecule has 0 radical (unpaired) electrons. The van der Waals surface area contributed by atoms with Gasteiger partial charge < -0.3 is 20.0 Å². The number of anilines is 2. The van der Waals surface area contributed by atoms with E-state index in [9.17, 15) is 14.9 Å². The smallest absolute Gasteiger partial charge is 0.287 e. The van der Waals surface area contributed by atoms with Crippen molar-refractivity contribution in [1.29, 1.82) is 0 Å². The van der Waals surface area contributed by atoms with E-state index in [1.807, 2.05) is 32.3 Å². The van der Waals surface area contributed by atoms with Crippen LogP contribution in [0.4, 0.5) is 17.2 Å². The number of nitrogens with zero attached hydrogens (tertiary/aromatic N) is 3. The number of nitro groups is 1. The number of para-hydroxylation sites is 1. The Balaban J connectivity index is 1.15. The van der Waals surface area contributed by atoms with Crippen molar-refractivity contribution in [3.8, 4) is 11.3 Å². The third kappa shape index (κ3) is 5.98. The molecule has 0 bridgehead atoms. The van der Waals surface area contributed by atoms with E-state index < -0.39 is 4.92 Å². The maximum Gasteiger partial charge on any atom is 0.287 e. The molecule has 0 spiro atoms. The Morgan fingerprint density at radius 1 is 1.10 bits per heavy atom. The summed E-state index contributed by atoms with van der Waals surface area (Å²) in [5.41, 5.74) is 2.19. The lowest BCUT2D eigenvalue weighted by molar-refractivity contribution is -0.384. The van der Waals surface area contributed by atoms with Gasteiger partial charge >= 0.3 is 0 Å². The van der Waals surface area contributed by atoms with Gasteiger partial charge in [-0.1, -0.05) is 29.8 Å². The summed E-state index contributed by atoms with van der Waals surface area (Å²) in [4.78, 5) is 30.5. The minimum Gasteiger partial charge on any atom is -0.451 e. The van der Waals surface area contributed by atoms with Gasteiger partial charge in [0.2, 0.25) is 0 Å². The third-order valence-electron chi connectivity index (χ3n) is 7.18. The minimum absolute atomic E-state index is 0.115. The van der Waals surface area contributed by atoms with Crippen LogP contribution in [0.3, 0.4) is 0 Å². The number of pyridine rings is 1. The summed E-state index contributed by atoms with van der Waals surface area (Å²) in [6.07, 6.45) is 3.92. The van der Waals surface area contributed by atoms with E-state index in [4.69, 9.17) is 21.0 Å². The van der Waals surface area contributed by atoms with Gasteiger partial charge in [-0.3, -0.25) is 14.9 Å². The fraction of sp³-hybridized carbons (Fsp3) is 0.310. The van der Waals surface area contributed by atoms with Crippen molar-refractivity contribution in [3.05, 3.63) is 81.6 Å². The van der Waals surface area contributed by atoms with E-state index in [1.165, 1.54) is 18.2 Å². The van der Waals surface area contributed by atoms with Crippen LogP contribution in [0.2, 0.25) is 5.02 Å². The van der Waals surface area contributed by atoms with Gasteiger partial charge in [-0.25, -0.2) is 4.98 Å². The van der Waals surface area contributed by atoms with Gasteiger partial charge in [0, 0.05) is 54.9 Å². The molecule has 1 amide bonds. The number of fused-ring (bicyclic) bond motifs is 1. The average molecular weight is 548 g/mol. The first kappa shape index (κ1) is 26.5. The van der Waals surface area contributed by atoms with Crippen LogP contribution >= 0.6 is 11.6 Å². The number of hydrogen-bond donors (Lipinski definition) is 2.